The predicted octanol–water partition coefficient (Wildman–Crippen LogP) is 2.29. The Balaban J connectivity index is 1.85. The molecule has 5 nitrogen and oxygen atoms in total. The van der Waals surface area contributed by atoms with E-state index in [2.05, 4.69) is 26.9 Å². The second-order valence-electron chi connectivity index (χ2n) is 5.54. The Morgan fingerprint density at radius 1 is 1.36 bits per heavy atom. The number of pyridine rings is 1. The van der Waals surface area contributed by atoms with E-state index in [4.69, 9.17) is 9.72 Å². The van der Waals surface area contributed by atoms with Crippen LogP contribution >= 0.6 is 15.9 Å². The van der Waals surface area contributed by atoms with Crippen molar-refractivity contribution in [3.05, 3.63) is 34.8 Å². The zero-order valence-electron chi connectivity index (χ0n) is 12.6. The number of anilines is 1. The van der Waals surface area contributed by atoms with Gasteiger partial charge in [0.1, 0.15) is 5.82 Å². The zero-order chi connectivity index (χ0) is 15.7. The normalized spacial score (nSPS) is 18.5. The van der Waals surface area contributed by atoms with Crippen LogP contribution < -0.4 is 4.90 Å². The van der Waals surface area contributed by atoms with Crippen molar-refractivity contribution in [3.8, 4) is 0 Å². The van der Waals surface area contributed by atoms with Gasteiger partial charge in [0.15, 0.2) is 6.10 Å². The standard InChI is InChI=1S/C16H18BrN3O2/c1-19(2)16(21)14-10-20(7-8-22-14)15-6-4-11-3-5-12(17)9-13(11)18-15/h3-6,9,14H,7-8,10H2,1-2H3. The fourth-order valence-corrected chi connectivity index (χ4v) is 2.90. The molecule has 3 rings (SSSR count). The second-order valence-corrected chi connectivity index (χ2v) is 6.46. The first-order valence-corrected chi connectivity index (χ1v) is 7.98. The maximum Gasteiger partial charge on any atom is 0.253 e. The van der Waals surface area contributed by atoms with Gasteiger partial charge in [-0.05, 0) is 24.3 Å². The van der Waals surface area contributed by atoms with E-state index < -0.39 is 6.10 Å². The number of nitrogens with zero attached hydrogens (tertiary/aromatic N) is 3. The molecule has 0 N–H and O–H groups in total. The van der Waals surface area contributed by atoms with Gasteiger partial charge in [0.05, 0.1) is 18.7 Å². The smallest absolute Gasteiger partial charge is 0.253 e. The first-order valence-electron chi connectivity index (χ1n) is 7.18. The lowest BCUT2D eigenvalue weighted by atomic mass is 10.2. The van der Waals surface area contributed by atoms with E-state index in [1.165, 1.54) is 0 Å². The van der Waals surface area contributed by atoms with Crippen LogP contribution in [0.4, 0.5) is 5.82 Å². The van der Waals surface area contributed by atoms with E-state index in [9.17, 15) is 4.79 Å². The summed E-state index contributed by atoms with van der Waals surface area (Å²) in [6.45, 7) is 1.80. The molecule has 1 aliphatic rings. The molecule has 1 fully saturated rings. The van der Waals surface area contributed by atoms with Crippen LogP contribution in [-0.2, 0) is 9.53 Å². The lowest BCUT2D eigenvalue weighted by Gasteiger charge is -2.34. The molecule has 116 valence electrons. The van der Waals surface area contributed by atoms with Gasteiger partial charge in [-0.15, -0.1) is 0 Å². The van der Waals surface area contributed by atoms with Gasteiger partial charge < -0.3 is 14.5 Å². The topological polar surface area (TPSA) is 45.7 Å². The van der Waals surface area contributed by atoms with Gasteiger partial charge in [-0.2, -0.15) is 0 Å². The number of fused-ring (bicyclic) bond motifs is 1. The average Bonchev–Trinajstić information content (AvgIpc) is 2.53. The summed E-state index contributed by atoms with van der Waals surface area (Å²) in [6.07, 6.45) is -0.427. The van der Waals surface area contributed by atoms with E-state index in [-0.39, 0.29) is 5.91 Å². The van der Waals surface area contributed by atoms with E-state index in [1.54, 1.807) is 19.0 Å². The first-order chi connectivity index (χ1) is 10.5. The van der Waals surface area contributed by atoms with Crippen LogP contribution in [0.3, 0.4) is 0 Å². The molecule has 0 saturated carbocycles. The molecule has 1 aliphatic heterocycles. The molecule has 0 radical (unpaired) electrons. The third-order valence-electron chi connectivity index (χ3n) is 3.75. The van der Waals surface area contributed by atoms with Gasteiger partial charge in [-0.1, -0.05) is 22.0 Å². The summed E-state index contributed by atoms with van der Waals surface area (Å²) in [5.41, 5.74) is 0.939. The monoisotopic (exact) mass is 363 g/mol. The quantitative estimate of drug-likeness (QED) is 0.821. The number of aromatic nitrogens is 1. The van der Waals surface area contributed by atoms with Gasteiger partial charge in [-0.3, -0.25) is 4.79 Å². The minimum atomic E-state index is -0.427. The summed E-state index contributed by atoms with van der Waals surface area (Å²) in [4.78, 5) is 20.5. The average molecular weight is 364 g/mol. The van der Waals surface area contributed by atoms with Crippen molar-refractivity contribution in [2.75, 3.05) is 38.7 Å². The molecule has 2 aromatic rings. The predicted molar refractivity (Wildman–Crippen MR) is 90.1 cm³/mol. The fraction of sp³-hybridized carbons (Fsp3) is 0.375. The molecule has 1 saturated heterocycles. The maximum absolute atomic E-state index is 12.1. The highest BCUT2D eigenvalue weighted by Crippen LogP contribution is 2.23. The third kappa shape index (κ3) is 3.08. The molecule has 0 aliphatic carbocycles. The molecule has 2 heterocycles. The number of halogens is 1. The van der Waals surface area contributed by atoms with Crippen molar-refractivity contribution in [3.63, 3.8) is 0 Å². The first kappa shape index (κ1) is 15.2. The number of hydrogen-bond donors (Lipinski definition) is 0. The Labute approximate surface area is 138 Å². The highest BCUT2D eigenvalue weighted by Gasteiger charge is 2.28. The van der Waals surface area contributed by atoms with Crippen molar-refractivity contribution in [2.24, 2.45) is 0 Å². The van der Waals surface area contributed by atoms with Crippen LogP contribution in [0, 0.1) is 0 Å². The number of benzene rings is 1. The van der Waals surface area contributed by atoms with Gasteiger partial charge in [0.25, 0.3) is 5.91 Å². The molecule has 1 unspecified atom stereocenters. The molecule has 6 heteroatoms. The highest BCUT2D eigenvalue weighted by atomic mass is 79.9. The number of carbonyl (C=O) groups excluding carboxylic acids is 1. The van der Waals surface area contributed by atoms with Crippen LogP contribution in [0.5, 0.6) is 0 Å². The Kier molecular flexibility index (Phi) is 4.31. The Hall–Kier alpha value is -1.66. The van der Waals surface area contributed by atoms with Crippen molar-refractivity contribution >= 4 is 38.6 Å². The number of morpholine rings is 1. The number of ether oxygens (including phenoxy) is 1. The molecule has 22 heavy (non-hydrogen) atoms. The molecule has 0 bridgehead atoms. The van der Waals surface area contributed by atoms with E-state index in [0.29, 0.717) is 13.2 Å². The number of amides is 1. The molecule has 1 aromatic carbocycles. The number of likely N-dealkylation sites (N-methyl/N-ethyl adjacent to an activating group) is 1. The van der Waals surface area contributed by atoms with Crippen LogP contribution in [0.25, 0.3) is 10.9 Å². The fourth-order valence-electron chi connectivity index (χ4n) is 2.55. The minimum absolute atomic E-state index is 0.00627. The number of carbonyl (C=O) groups is 1. The Morgan fingerprint density at radius 3 is 2.91 bits per heavy atom. The van der Waals surface area contributed by atoms with Crippen LogP contribution in [0.2, 0.25) is 0 Å². The molecule has 0 spiro atoms. The van der Waals surface area contributed by atoms with Crippen LogP contribution in [0.1, 0.15) is 0 Å². The summed E-state index contributed by atoms with van der Waals surface area (Å²) >= 11 is 3.47. The second kappa shape index (κ2) is 6.22. The molecule has 1 aromatic heterocycles. The summed E-state index contributed by atoms with van der Waals surface area (Å²) in [7, 11) is 3.49. The maximum atomic E-state index is 12.1. The van der Waals surface area contributed by atoms with E-state index in [1.807, 2.05) is 24.3 Å². The summed E-state index contributed by atoms with van der Waals surface area (Å²) in [5.74, 6) is 0.874. The lowest BCUT2D eigenvalue weighted by molar-refractivity contribution is -0.141. The Bertz CT molecular complexity index is 705. The van der Waals surface area contributed by atoms with Crippen LogP contribution in [-0.4, -0.2) is 55.7 Å². The third-order valence-corrected chi connectivity index (χ3v) is 4.24. The van der Waals surface area contributed by atoms with E-state index in [0.717, 1.165) is 27.7 Å². The highest BCUT2D eigenvalue weighted by molar-refractivity contribution is 9.10. The van der Waals surface area contributed by atoms with Crippen molar-refractivity contribution < 1.29 is 9.53 Å². The van der Waals surface area contributed by atoms with Crippen molar-refractivity contribution in [2.45, 2.75) is 6.10 Å². The minimum Gasteiger partial charge on any atom is -0.365 e. The van der Waals surface area contributed by atoms with Gasteiger partial charge in [0.2, 0.25) is 0 Å². The van der Waals surface area contributed by atoms with Gasteiger partial charge in [-0.25, -0.2) is 4.98 Å². The summed E-state index contributed by atoms with van der Waals surface area (Å²) in [6, 6.07) is 10.1. The molecule has 1 amide bonds. The number of rotatable bonds is 2. The van der Waals surface area contributed by atoms with Crippen molar-refractivity contribution in [1.29, 1.82) is 0 Å². The lowest BCUT2D eigenvalue weighted by Crippen LogP contribution is -2.49. The molecular formula is C16H18BrN3O2. The van der Waals surface area contributed by atoms with Crippen LogP contribution in [0.15, 0.2) is 34.8 Å². The van der Waals surface area contributed by atoms with Gasteiger partial charge in [0, 0.05) is 30.5 Å². The number of hydrogen-bond acceptors (Lipinski definition) is 4. The summed E-state index contributed by atoms with van der Waals surface area (Å²) in [5, 5.41) is 1.10. The largest absolute Gasteiger partial charge is 0.365 e. The Morgan fingerprint density at radius 2 is 2.14 bits per heavy atom. The van der Waals surface area contributed by atoms with Gasteiger partial charge >= 0.3 is 0 Å². The molecule has 1 atom stereocenters. The molecular weight excluding hydrogens is 346 g/mol. The van der Waals surface area contributed by atoms with E-state index >= 15 is 0 Å². The SMILES string of the molecule is CN(C)C(=O)C1CN(c2ccc3ccc(Br)cc3n2)CCO1. The van der Waals surface area contributed by atoms with Crippen molar-refractivity contribution in [1.82, 2.24) is 9.88 Å². The zero-order valence-corrected chi connectivity index (χ0v) is 14.2. The summed E-state index contributed by atoms with van der Waals surface area (Å²) < 4.78 is 6.60.